The molecule has 0 saturated carbocycles. The minimum absolute atomic E-state index is 0.0258. The number of hydrogen-bond acceptors (Lipinski definition) is 4. The quantitative estimate of drug-likeness (QED) is 0.699. The molecule has 6 heteroatoms. The maximum Gasteiger partial charge on any atom is 0.253 e. The first-order valence-corrected chi connectivity index (χ1v) is 10.1. The Morgan fingerprint density at radius 2 is 1.75 bits per heavy atom. The molecule has 3 rings (SSSR count). The van der Waals surface area contributed by atoms with Crippen molar-refractivity contribution in [3.8, 4) is 12.3 Å². The molecule has 0 unspecified atom stereocenters. The van der Waals surface area contributed by atoms with Crippen molar-refractivity contribution in [1.82, 2.24) is 10.2 Å². The van der Waals surface area contributed by atoms with Crippen LogP contribution in [-0.2, 0) is 11.3 Å². The monoisotopic (exact) mass is 380 g/mol. The fourth-order valence-corrected chi connectivity index (χ4v) is 3.49. The molecule has 2 heterocycles. The molecule has 0 bridgehead atoms. The van der Waals surface area contributed by atoms with Gasteiger partial charge in [0.05, 0.1) is 0 Å². The molecule has 2 amide bonds. The van der Waals surface area contributed by atoms with E-state index in [9.17, 15) is 9.59 Å². The summed E-state index contributed by atoms with van der Waals surface area (Å²) in [6.45, 7) is 2.14. The van der Waals surface area contributed by atoms with Crippen LogP contribution in [0.3, 0.4) is 0 Å². The minimum atomic E-state index is -0.418. The van der Waals surface area contributed by atoms with Crippen LogP contribution in [0, 0.1) is 12.3 Å². The molecule has 1 aromatic rings. The lowest BCUT2D eigenvalue weighted by atomic mass is 10.0. The fraction of sp³-hybridized carbons (Fsp3) is 0.545. The molecule has 28 heavy (non-hydrogen) atoms. The van der Waals surface area contributed by atoms with E-state index in [4.69, 9.17) is 6.42 Å². The number of amides is 2. The zero-order valence-corrected chi connectivity index (χ0v) is 16.3. The summed E-state index contributed by atoms with van der Waals surface area (Å²) in [6, 6.07) is 7.52. The number of carbonyl (C=O) groups is 2. The van der Waals surface area contributed by atoms with Gasteiger partial charge in [0.25, 0.3) is 5.91 Å². The number of hydrogen-bond donors (Lipinski definition) is 1. The lowest BCUT2D eigenvalue weighted by Crippen LogP contribution is -2.31. The molecule has 0 aliphatic carbocycles. The molecular formula is C22H28N4O2. The Labute approximate surface area is 166 Å². The first-order valence-electron chi connectivity index (χ1n) is 10.1. The molecular weight excluding hydrogens is 352 g/mol. The largest absolute Gasteiger partial charge is 0.352 e. The van der Waals surface area contributed by atoms with Gasteiger partial charge < -0.3 is 10.2 Å². The van der Waals surface area contributed by atoms with Crippen LogP contribution in [0.1, 0.15) is 67.3 Å². The van der Waals surface area contributed by atoms with E-state index in [0.717, 1.165) is 31.5 Å². The van der Waals surface area contributed by atoms with Crippen molar-refractivity contribution in [3.63, 3.8) is 0 Å². The predicted octanol–water partition coefficient (Wildman–Crippen LogP) is 3.67. The van der Waals surface area contributed by atoms with Gasteiger partial charge in [0, 0.05) is 50.9 Å². The Hall–Kier alpha value is -2.68. The molecule has 0 radical (unpaired) electrons. The van der Waals surface area contributed by atoms with Crippen molar-refractivity contribution in [2.75, 3.05) is 13.1 Å². The number of likely N-dealkylation sites (tertiary alicyclic amines) is 1. The number of nitrogens with zero attached hydrogens (tertiary/aromatic N) is 3. The molecule has 2 aliphatic rings. The number of terminal acetylenes is 1. The van der Waals surface area contributed by atoms with Crippen LogP contribution in [0.5, 0.6) is 0 Å². The summed E-state index contributed by atoms with van der Waals surface area (Å²) in [7, 11) is 0. The maximum atomic E-state index is 12.6. The lowest BCUT2D eigenvalue weighted by Gasteiger charge is -2.20. The summed E-state index contributed by atoms with van der Waals surface area (Å²) in [5.41, 5.74) is 1.27. The van der Waals surface area contributed by atoms with Crippen LogP contribution in [0.4, 0.5) is 0 Å². The Morgan fingerprint density at radius 1 is 1.07 bits per heavy atom. The maximum absolute atomic E-state index is 12.6. The average Bonchev–Trinajstić information content (AvgIpc) is 3.53. The smallest absolute Gasteiger partial charge is 0.253 e. The van der Waals surface area contributed by atoms with Crippen LogP contribution in [-0.4, -0.2) is 35.5 Å². The lowest BCUT2D eigenvalue weighted by molar-refractivity contribution is -0.121. The van der Waals surface area contributed by atoms with Crippen molar-refractivity contribution in [3.05, 3.63) is 35.4 Å². The van der Waals surface area contributed by atoms with Crippen LogP contribution in [0.15, 0.2) is 34.5 Å². The van der Waals surface area contributed by atoms with Crippen LogP contribution < -0.4 is 5.32 Å². The second kappa shape index (κ2) is 9.50. The standard InChI is InChI=1S/C22H28N4O2/c1-2-3-13-22(24-25-22)14-12-20(27)23-17-18-8-10-19(11-9-18)21(28)26-15-6-4-5-7-16-26/h1,8-11H,3-7,12-17H2,(H,23,27). The van der Waals surface area contributed by atoms with Crippen molar-refractivity contribution < 1.29 is 9.59 Å². The van der Waals surface area contributed by atoms with Crippen molar-refractivity contribution in [2.24, 2.45) is 10.2 Å². The summed E-state index contributed by atoms with van der Waals surface area (Å²) in [5.74, 6) is 2.66. The van der Waals surface area contributed by atoms with Gasteiger partial charge in [-0.25, -0.2) is 0 Å². The molecule has 0 atom stereocenters. The van der Waals surface area contributed by atoms with Crippen molar-refractivity contribution in [2.45, 2.75) is 63.6 Å². The molecule has 1 N–H and O–H groups in total. The van der Waals surface area contributed by atoms with Crippen LogP contribution in [0.25, 0.3) is 0 Å². The highest BCUT2D eigenvalue weighted by molar-refractivity contribution is 5.94. The second-order valence-electron chi connectivity index (χ2n) is 7.57. The first kappa shape index (κ1) is 20.1. The average molecular weight is 380 g/mol. The van der Waals surface area contributed by atoms with Gasteiger partial charge in [-0.1, -0.05) is 25.0 Å². The normalized spacial score (nSPS) is 17.5. The highest BCUT2D eigenvalue weighted by Crippen LogP contribution is 2.37. The van der Waals surface area contributed by atoms with Crippen LogP contribution in [0.2, 0.25) is 0 Å². The third-order valence-electron chi connectivity index (χ3n) is 5.39. The Bertz CT molecular complexity index is 750. The van der Waals surface area contributed by atoms with Gasteiger partial charge in [-0.3, -0.25) is 9.59 Å². The zero-order valence-electron chi connectivity index (χ0n) is 16.3. The van der Waals surface area contributed by atoms with E-state index < -0.39 is 5.66 Å². The highest BCUT2D eigenvalue weighted by atomic mass is 16.2. The zero-order chi connectivity index (χ0) is 19.8. The van der Waals surface area contributed by atoms with Gasteiger partial charge in [0.1, 0.15) is 0 Å². The molecule has 1 saturated heterocycles. The van der Waals surface area contributed by atoms with E-state index in [1.165, 1.54) is 12.8 Å². The number of nitrogens with one attached hydrogen (secondary N) is 1. The van der Waals surface area contributed by atoms with E-state index in [0.29, 0.717) is 37.8 Å². The van der Waals surface area contributed by atoms with E-state index >= 15 is 0 Å². The molecule has 2 aliphatic heterocycles. The molecule has 0 aromatic heterocycles. The highest BCUT2D eigenvalue weighted by Gasteiger charge is 2.39. The van der Waals surface area contributed by atoms with Gasteiger partial charge in [-0.15, -0.1) is 12.3 Å². The Morgan fingerprint density at radius 3 is 2.36 bits per heavy atom. The number of rotatable bonds is 8. The van der Waals surface area contributed by atoms with Gasteiger partial charge in [-0.2, -0.15) is 10.2 Å². The van der Waals surface area contributed by atoms with Gasteiger partial charge >= 0.3 is 0 Å². The van der Waals surface area contributed by atoms with Gasteiger partial charge in [0.2, 0.25) is 5.91 Å². The number of carbonyl (C=O) groups excluding carboxylic acids is 2. The first-order chi connectivity index (χ1) is 13.6. The minimum Gasteiger partial charge on any atom is -0.352 e. The van der Waals surface area contributed by atoms with E-state index in [1.807, 2.05) is 29.2 Å². The molecule has 0 spiro atoms. The Balaban J connectivity index is 1.42. The third kappa shape index (κ3) is 5.66. The summed E-state index contributed by atoms with van der Waals surface area (Å²) in [6.07, 6.45) is 12.2. The van der Waals surface area contributed by atoms with E-state index in [-0.39, 0.29) is 11.8 Å². The van der Waals surface area contributed by atoms with Gasteiger partial charge in [0.15, 0.2) is 5.66 Å². The SMILES string of the molecule is C#CCCC1(CCC(=O)NCc2ccc(C(=O)N3CCCCCC3)cc2)N=N1. The topological polar surface area (TPSA) is 74.1 Å². The fourth-order valence-electron chi connectivity index (χ4n) is 3.49. The molecule has 6 nitrogen and oxygen atoms in total. The van der Waals surface area contributed by atoms with E-state index in [2.05, 4.69) is 21.5 Å². The molecule has 1 fully saturated rings. The predicted molar refractivity (Wildman–Crippen MR) is 108 cm³/mol. The summed E-state index contributed by atoms with van der Waals surface area (Å²) in [5, 5.41) is 11.0. The second-order valence-corrected chi connectivity index (χ2v) is 7.57. The van der Waals surface area contributed by atoms with E-state index in [1.54, 1.807) is 0 Å². The van der Waals surface area contributed by atoms with Crippen molar-refractivity contribution in [1.29, 1.82) is 0 Å². The van der Waals surface area contributed by atoms with Gasteiger partial charge in [-0.05, 0) is 30.5 Å². The summed E-state index contributed by atoms with van der Waals surface area (Å²) < 4.78 is 0. The third-order valence-corrected chi connectivity index (χ3v) is 5.39. The van der Waals surface area contributed by atoms with Crippen molar-refractivity contribution >= 4 is 11.8 Å². The summed E-state index contributed by atoms with van der Waals surface area (Å²) in [4.78, 5) is 26.7. The molecule has 148 valence electrons. The Kier molecular flexibility index (Phi) is 6.80. The number of benzene rings is 1. The summed E-state index contributed by atoms with van der Waals surface area (Å²) >= 11 is 0. The van der Waals surface area contributed by atoms with Crippen LogP contribution >= 0.6 is 0 Å². The molecule has 1 aromatic carbocycles.